The minimum absolute atomic E-state index is 0.0344. The van der Waals surface area contributed by atoms with E-state index in [-0.39, 0.29) is 18.7 Å². The second-order valence-electron chi connectivity index (χ2n) is 5.33. The van der Waals surface area contributed by atoms with Gasteiger partial charge in [0.05, 0.1) is 12.4 Å². The van der Waals surface area contributed by atoms with Gasteiger partial charge in [-0.2, -0.15) is 0 Å². The van der Waals surface area contributed by atoms with Gasteiger partial charge in [-0.1, -0.05) is 33.8 Å². The molecule has 1 saturated carbocycles. The van der Waals surface area contributed by atoms with Crippen LogP contribution in [0.5, 0.6) is 0 Å². The minimum atomic E-state index is -0.360. The van der Waals surface area contributed by atoms with Crippen LogP contribution in [0.4, 0.5) is 0 Å². The largest absolute Gasteiger partial charge is 0.433 e. The summed E-state index contributed by atoms with van der Waals surface area (Å²) in [5, 5.41) is 0. The van der Waals surface area contributed by atoms with Crippen LogP contribution in [-0.2, 0) is 14.3 Å². The Morgan fingerprint density at radius 2 is 2.18 bits per heavy atom. The fourth-order valence-corrected chi connectivity index (χ4v) is 2.61. The quantitative estimate of drug-likeness (QED) is 0.547. The highest BCUT2D eigenvalue weighted by atomic mass is 16.6. The standard InChI is InChI=1S/C14H24O3/c1-5-16-14(15)9-17-13-8-11(4)6-7-12(13)10(2)3/h5,10-13H,1,6-9H2,2-4H3. The summed E-state index contributed by atoms with van der Waals surface area (Å²) in [6.07, 6.45) is 4.84. The molecule has 0 amide bonds. The first-order valence-corrected chi connectivity index (χ1v) is 6.46. The van der Waals surface area contributed by atoms with E-state index in [4.69, 9.17) is 4.74 Å². The molecule has 0 aromatic rings. The molecule has 17 heavy (non-hydrogen) atoms. The molecule has 0 aromatic heterocycles. The van der Waals surface area contributed by atoms with E-state index in [1.54, 1.807) is 0 Å². The van der Waals surface area contributed by atoms with E-state index < -0.39 is 0 Å². The molecule has 0 saturated heterocycles. The molecule has 0 aliphatic heterocycles. The molecule has 3 nitrogen and oxygen atoms in total. The molecule has 3 atom stereocenters. The van der Waals surface area contributed by atoms with Gasteiger partial charge in [0, 0.05) is 0 Å². The summed E-state index contributed by atoms with van der Waals surface area (Å²) in [6, 6.07) is 0. The van der Waals surface area contributed by atoms with Crippen LogP contribution in [0.15, 0.2) is 12.8 Å². The number of carbonyl (C=O) groups is 1. The molecule has 3 heteroatoms. The third kappa shape index (κ3) is 4.50. The summed E-state index contributed by atoms with van der Waals surface area (Å²) in [4.78, 5) is 11.2. The predicted octanol–water partition coefficient (Wildman–Crippen LogP) is 3.15. The Hall–Kier alpha value is -0.830. The predicted molar refractivity (Wildman–Crippen MR) is 67.4 cm³/mol. The lowest BCUT2D eigenvalue weighted by Crippen LogP contribution is -2.35. The van der Waals surface area contributed by atoms with Gasteiger partial charge in [-0.15, -0.1) is 0 Å². The van der Waals surface area contributed by atoms with E-state index in [9.17, 15) is 4.79 Å². The highest BCUT2D eigenvalue weighted by Gasteiger charge is 2.31. The Balaban J connectivity index is 2.46. The number of hydrogen-bond donors (Lipinski definition) is 0. The van der Waals surface area contributed by atoms with E-state index in [1.807, 2.05) is 0 Å². The zero-order valence-electron chi connectivity index (χ0n) is 11.1. The maximum atomic E-state index is 11.2. The molecule has 98 valence electrons. The van der Waals surface area contributed by atoms with Gasteiger partial charge in [0.2, 0.25) is 0 Å². The molecular weight excluding hydrogens is 216 g/mol. The van der Waals surface area contributed by atoms with E-state index in [0.717, 1.165) is 12.7 Å². The van der Waals surface area contributed by atoms with Crippen molar-refractivity contribution in [1.82, 2.24) is 0 Å². The van der Waals surface area contributed by atoms with Gasteiger partial charge in [0.25, 0.3) is 0 Å². The molecule has 1 rings (SSSR count). The van der Waals surface area contributed by atoms with Crippen molar-refractivity contribution >= 4 is 5.97 Å². The molecule has 0 N–H and O–H groups in total. The smallest absolute Gasteiger partial charge is 0.336 e. The Morgan fingerprint density at radius 1 is 1.47 bits per heavy atom. The van der Waals surface area contributed by atoms with Gasteiger partial charge in [0.1, 0.15) is 6.61 Å². The van der Waals surface area contributed by atoms with Gasteiger partial charge in [0.15, 0.2) is 0 Å². The summed E-state index contributed by atoms with van der Waals surface area (Å²) in [5.74, 6) is 1.48. The molecular formula is C14H24O3. The van der Waals surface area contributed by atoms with Gasteiger partial charge >= 0.3 is 5.97 Å². The molecule has 0 heterocycles. The van der Waals surface area contributed by atoms with E-state index in [2.05, 4.69) is 32.1 Å². The zero-order chi connectivity index (χ0) is 12.8. The summed E-state index contributed by atoms with van der Waals surface area (Å²) in [6.45, 7) is 10.1. The average molecular weight is 240 g/mol. The number of hydrogen-bond acceptors (Lipinski definition) is 3. The van der Waals surface area contributed by atoms with Crippen LogP contribution < -0.4 is 0 Å². The molecule has 3 unspecified atom stereocenters. The SMILES string of the molecule is C=COC(=O)COC1CC(C)CCC1C(C)C. The third-order valence-corrected chi connectivity index (χ3v) is 3.59. The van der Waals surface area contributed by atoms with Crippen molar-refractivity contribution in [3.8, 4) is 0 Å². The molecule has 1 aliphatic rings. The second kappa shape index (κ2) is 6.80. The van der Waals surface area contributed by atoms with E-state index in [0.29, 0.717) is 17.8 Å². The van der Waals surface area contributed by atoms with Crippen LogP contribution >= 0.6 is 0 Å². The van der Waals surface area contributed by atoms with Crippen molar-refractivity contribution in [2.75, 3.05) is 6.61 Å². The van der Waals surface area contributed by atoms with Gasteiger partial charge in [-0.25, -0.2) is 4.79 Å². The molecule has 1 aliphatic carbocycles. The first-order valence-electron chi connectivity index (χ1n) is 6.46. The Bertz CT molecular complexity index is 260. The summed E-state index contributed by atoms with van der Waals surface area (Å²) >= 11 is 0. The number of rotatable bonds is 5. The highest BCUT2D eigenvalue weighted by Crippen LogP contribution is 2.35. The molecule has 0 bridgehead atoms. The maximum absolute atomic E-state index is 11.2. The van der Waals surface area contributed by atoms with Crippen molar-refractivity contribution in [3.05, 3.63) is 12.8 Å². The second-order valence-corrected chi connectivity index (χ2v) is 5.33. The van der Waals surface area contributed by atoms with Crippen molar-refractivity contribution in [2.24, 2.45) is 17.8 Å². The van der Waals surface area contributed by atoms with Crippen LogP contribution in [0.2, 0.25) is 0 Å². The van der Waals surface area contributed by atoms with E-state index in [1.165, 1.54) is 12.8 Å². The number of carbonyl (C=O) groups excluding carboxylic acids is 1. The van der Waals surface area contributed by atoms with Crippen molar-refractivity contribution in [3.63, 3.8) is 0 Å². The molecule has 0 radical (unpaired) electrons. The Kier molecular flexibility index (Phi) is 5.69. The van der Waals surface area contributed by atoms with Crippen molar-refractivity contribution in [1.29, 1.82) is 0 Å². The van der Waals surface area contributed by atoms with Gasteiger partial charge < -0.3 is 9.47 Å². The zero-order valence-corrected chi connectivity index (χ0v) is 11.1. The lowest BCUT2D eigenvalue weighted by Gasteiger charge is -2.36. The fraction of sp³-hybridized carbons (Fsp3) is 0.786. The summed E-state index contributed by atoms with van der Waals surface area (Å²) in [5.41, 5.74) is 0. The number of esters is 1. The van der Waals surface area contributed by atoms with Crippen LogP contribution in [0.1, 0.15) is 40.0 Å². The van der Waals surface area contributed by atoms with Crippen molar-refractivity contribution < 1.29 is 14.3 Å². The van der Waals surface area contributed by atoms with Crippen LogP contribution in [0.3, 0.4) is 0 Å². The summed E-state index contributed by atoms with van der Waals surface area (Å²) < 4.78 is 10.4. The van der Waals surface area contributed by atoms with Crippen molar-refractivity contribution in [2.45, 2.75) is 46.1 Å². The first-order chi connectivity index (χ1) is 8.04. The highest BCUT2D eigenvalue weighted by molar-refractivity contribution is 5.71. The molecule has 1 fully saturated rings. The summed E-state index contributed by atoms with van der Waals surface area (Å²) in [7, 11) is 0. The van der Waals surface area contributed by atoms with Crippen LogP contribution in [-0.4, -0.2) is 18.7 Å². The monoisotopic (exact) mass is 240 g/mol. The lowest BCUT2D eigenvalue weighted by atomic mass is 9.75. The molecule has 0 spiro atoms. The maximum Gasteiger partial charge on any atom is 0.336 e. The average Bonchev–Trinajstić information content (AvgIpc) is 2.26. The normalized spacial score (nSPS) is 29.1. The molecule has 0 aromatic carbocycles. The lowest BCUT2D eigenvalue weighted by molar-refractivity contribution is -0.148. The van der Waals surface area contributed by atoms with E-state index >= 15 is 0 Å². The van der Waals surface area contributed by atoms with Crippen LogP contribution in [0.25, 0.3) is 0 Å². The Morgan fingerprint density at radius 3 is 2.76 bits per heavy atom. The van der Waals surface area contributed by atoms with Crippen LogP contribution in [0, 0.1) is 17.8 Å². The Labute approximate surface area is 104 Å². The van der Waals surface area contributed by atoms with Gasteiger partial charge in [-0.05, 0) is 30.6 Å². The third-order valence-electron chi connectivity index (χ3n) is 3.59. The number of ether oxygens (including phenoxy) is 2. The minimum Gasteiger partial charge on any atom is -0.433 e. The fourth-order valence-electron chi connectivity index (χ4n) is 2.61. The topological polar surface area (TPSA) is 35.5 Å². The first kappa shape index (κ1) is 14.2. The van der Waals surface area contributed by atoms with Gasteiger partial charge in [-0.3, -0.25) is 0 Å².